The SMILES string of the molecule is CCC1(N)CN(C(=O)OC(C)(C)C)CCO1. The van der Waals surface area contributed by atoms with E-state index >= 15 is 0 Å². The van der Waals surface area contributed by atoms with Gasteiger partial charge in [-0.15, -0.1) is 0 Å². The molecule has 1 aliphatic heterocycles. The molecule has 16 heavy (non-hydrogen) atoms. The van der Waals surface area contributed by atoms with E-state index in [0.29, 0.717) is 26.1 Å². The number of carbonyl (C=O) groups excluding carboxylic acids is 1. The number of morpholine rings is 1. The van der Waals surface area contributed by atoms with Crippen molar-refractivity contribution in [1.82, 2.24) is 4.90 Å². The second-order valence-corrected chi connectivity index (χ2v) is 5.17. The van der Waals surface area contributed by atoms with Crippen molar-refractivity contribution in [2.45, 2.75) is 45.4 Å². The quantitative estimate of drug-likeness (QED) is 0.738. The maximum atomic E-state index is 11.8. The van der Waals surface area contributed by atoms with Crippen LogP contribution in [0.15, 0.2) is 0 Å². The van der Waals surface area contributed by atoms with Gasteiger partial charge in [-0.2, -0.15) is 0 Å². The van der Waals surface area contributed by atoms with Crippen LogP contribution >= 0.6 is 0 Å². The topological polar surface area (TPSA) is 64.8 Å². The Labute approximate surface area is 96.9 Å². The van der Waals surface area contributed by atoms with E-state index in [-0.39, 0.29) is 6.09 Å². The van der Waals surface area contributed by atoms with Crippen molar-refractivity contribution in [2.75, 3.05) is 19.7 Å². The van der Waals surface area contributed by atoms with E-state index in [1.54, 1.807) is 4.90 Å². The third-order valence-electron chi connectivity index (χ3n) is 2.46. The smallest absolute Gasteiger partial charge is 0.410 e. The van der Waals surface area contributed by atoms with Crippen LogP contribution in [0.3, 0.4) is 0 Å². The molecule has 0 aromatic rings. The molecule has 0 bridgehead atoms. The van der Waals surface area contributed by atoms with Crippen LogP contribution in [0, 0.1) is 0 Å². The zero-order chi connectivity index (χ0) is 12.4. The summed E-state index contributed by atoms with van der Waals surface area (Å²) < 4.78 is 10.7. The Morgan fingerprint density at radius 2 is 2.19 bits per heavy atom. The van der Waals surface area contributed by atoms with Crippen molar-refractivity contribution < 1.29 is 14.3 Å². The van der Waals surface area contributed by atoms with Crippen LogP contribution < -0.4 is 5.73 Å². The third-order valence-corrected chi connectivity index (χ3v) is 2.46. The van der Waals surface area contributed by atoms with E-state index in [0.717, 1.165) is 0 Å². The minimum absolute atomic E-state index is 0.320. The lowest BCUT2D eigenvalue weighted by Gasteiger charge is -2.39. The van der Waals surface area contributed by atoms with Gasteiger partial charge in [0.1, 0.15) is 11.3 Å². The van der Waals surface area contributed by atoms with Crippen molar-refractivity contribution in [2.24, 2.45) is 5.73 Å². The van der Waals surface area contributed by atoms with E-state index in [1.165, 1.54) is 0 Å². The fourth-order valence-corrected chi connectivity index (χ4v) is 1.50. The van der Waals surface area contributed by atoms with Crippen molar-refractivity contribution in [1.29, 1.82) is 0 Å². The Balaban J connectivity index is 2.57. The molecule has 0 radical (unpaired) electrons. The maximum absolute atomic E-state index is 11.8. The molecule has 1 heterocycles. The number of rotatable bonds is 1. The van der Waals surface area contributed by atoms with Gasteiger partial charge in [0.15, 0.2) is 0 Å². The van der Waals surface area contributed by atoms with Crippen molar-refractivity contribution in [3.8, 4) is 0 Å². The van der Waals surface area contributed by atoms with E-state index in [2.05, 4.69) is 0 Å². The standard InChI is InChI=1S/C11H22N2O3/c1-5-11(12)8-13(6-7-15-11)9(14)16-10(2,3)4/h5-8,12H2,1-4H3. The third kappa shape index (κ3) is 3.64. The minimum Gasteiger partial charge on any atom is -0.444 e. The molecule has 5 nitrogen and oxygen atoms in total. The second-order valence-electron chi connectivity index (χ2n) is 5.17. The summed E-state index contributed by atoms with van der Waals surface area (Å²) in [6.07, 6.45) is 0.353. The number of nitrogens with zero attached hydrogens (tertiary/aromatic N) is 1. The number of ether oxygens (including phenoxy) is 2. The summed E-state index contributed by atoms with van der Waals surface area (Å²) in [5, 5.41) is 0. The molecule has 0 saturated carbocycles. The summed E-state index contributed by atoms with van der Waals surface area (Å²) in [4.78, 5) is 13.4. The zero-order valence-corrected chi connectivity index (χ0v) is 10.6. The average Bonchev–Trinajstić information content (AvgIpc) is 2.15. The lowest BCUT2D eigenvalue weighted by Crippen LogP contribution is -2.59. The van der Waals surface area contributed by atoms with Gasteiger partial charge in [0.2, 0.25) is 0 Å². The van der Waals surface area contributed by atoms with Gasteiger partial charge in [-0.3, -0.25) is 0 Å². The summed E-state index contributed by atoms with van der Waals surface area (Å²) in [6, 6.07) is 0. The van der Waals surface area contributed by atoms with Crippen LogP contribution in [0.4, 0.5) is 4.79 Å². The second kappa shape index (κ2) is 4.59. The van der Waals surface area contributed by atoms with Gasteiger partial charge in [-0.1, -0.05) is 6.92 Å². The largest absolute Gasteiger partial charge is 0.444 e. The first-order chi connectivity index (χ1) is 7.26. The Kier molecular flexibility index (Phi) is 3.80. The van der Waals surface area contributed by atoms with Gasteiger partial charge >= 0.3 is 6.09 Å². The monoisotopic (exact) mass is 230 g/mol. The van der Waals surface area contributed by atoms with Crippen LogP contribution in [0.2, 0.25) is 0 Å². The Bertz CT molecular complexity index is 262. The normalized spacial score (nSPS) is 26.7. The Hall–Kier alpha value is -0.810. The van der Waals surface area contributed by atoms with E-state index in [1.807, 2.05) is 27.7 Å². The molecular formula is C11H22N2O3. The molecule has 1 rings (SSSR count). The van der Waals surface area contributed by atoms with Crippen LogP contribution in [0.5, 0.6) is 0 Å². The average molecular weight is 230 g/mol. The van der Waals surface area contributed by atoms with E-state index in [9.17, 15) is 4.79 Å². The fourth-order valence-electron chi connectivity index (χ4n) is 1.50. The molecule has 0 spiro atoms. The van der Waals surface area contributed by atoms with Crippen LogP contribution in [-0.2, 0) is 9.47 Å². The maximum Gasteiger partial charge on any atom is 0.410 e. The minimum atomic E-state index is -0.727. The first kappa shape index (κ1) is 13.3. The molecule has 1 atom stereocenters. The molecule has 1 fully saturated rings. The van der Waals surface area contributed by atoms with Gasteiger partial charge in [0.25, 0.3) is 0 Å². The molecule has 0 aliphatic carbocycles. The molecule has 0 aromatic carbocycles. The van der Waals surface area contributed by atoms with Gasteiger partial charge in [-0.05, 0) is 27.2 Å². The molecule has 1 aliphatic rings. The number of carbonyl (C=O) groups is 1. The number of amides is 1. The molecule has 1 saturated heterocycles. The van der Waals surface area contributed by atoms with Crippen LogP contribution in [0.25, 0.3) is 0 Å². The first-order valence-corrected chi connectivity index (χ1v) is 5.66. The highest BCUT2D eigenvalue weighted by molar-refractivity contribution is 5.68. The molecule has 2 N–H and O–H groups in total. The number of hydrogen-bond acceptors (Lipinski definition) is 4. The first-order valence-electron chi connectivity index (χ1n) is 5.66. The Morgan fingerprint density at radius 3 is 2.69 bits per heavy atom. The van der Waals surface area contributed by atoms with E-state index in [4.69, 9.17) is 15.2 Å². The summed E-state index contributed by atoms with van der Waals surface area (Å²) in [7, 11) is 0. The van der Waals surface area contributed by atoms with E-state index < -0.39 is 11.3 Å². The molecule has 1 unspecified atom stereocenters. The lowest BCUT2D eigenvalue weighted by molar-refractivity contribution is -0.107. The van der Waals surface area contributed by atoms with Crippen molar-refractivity contribution in [3.05, 3.63) is 0 Å². The van der Waals surface area contributed by atoms with Crippen molar-refractivity contribution >= 4 is 6.09 Å². The Morgan fingerprint density at radius 1 is 1.56 bits per heavy atom. The van der Waals surface area contributed by atoms with Crippen LogP contribution in [-0.4, -0.2) is 42.0 Å². The van der Waals surface area contributed by atoms with Gasteiger partial charge in [-0.25, -0.2) is 4.79 Å². The predicted molar refractivity (Wildman–Crippen MR) is 61.0 cm³/mol. The van der Waals surface area contributed by atoms with Gasteiger partial charge < -0.3 is 20.1 Å². The highest BCUT2D eigenvalue weighted by atomic mass is 16.6. The van der Waals surface area contributed by atoms with Gasteiger partial charge in [0.05, 0.1) is 13.2 Å². The highest BCUT2D eigenvalue weighted by Crippen LogP contribution is 2.18. The summed E-state index contributed by atoms with van der Waals surface area (Å²) >= 11 is 0. The summed E-state index contributed by atoms with van der Waals surface area (Å²) in [5.74, 6) is 0. The molecular weight excluding hydrogens is 208 g/mol. The summed E-state index contributed by atoms with van der Waals surface area (Å²) in [5.41, 5.74) is 4.78. The fraction of sp³-hybridized carbons (Fsp3) is 0.909. The molecule has 0 aromatic heterocycles. The molecule has 1 amide bonds. The number of hydrogen-bond donors (Lipinski definition) is 1. The highest BCUT2D eigenvalue weighted by Gasteiger charge is 2.35. The summed E-state index contributed by atoms with van der Waals surface area (Å²) in [6.45, 7) is 8.87. The number of nitrogens with two attached hydrogens (primary N) is 1. The zero-order valence-electron chi connectivity index (χ0n) is 10.6. The molecule has 94 valence electrons. The predicted octanol–water partition coefficient (Wildman–Crippen LogP) is 1.32. The molecule has 5 heteroatoms. The van der Waals surface area contributed by atoms with Crippen LogP contribution in [0.1, 0.15) is 34.1 Å². The lowest BCUT2D eigenvalue weighted by atomic mass is 10.1. The van der Waals surface area contributed by atoms with Gasteiger partial charge in [0, 0.05) is 6.54 Å². The van der Waals surface area contributed by atoms with Crippen molar-refractivity contribution in [3.63, 3.8) is 0 Å².